The Bertz CT molecular complexity index is 266. The normalized spacial score (nSPS) is 31.6. The van der Waals surface area contributed by atoms with Gasteiger partial charge in [0.25, 0.3) is 0 Å². The van der Waals surface area contributed by atoms with Crippen molar-refractivity contribution in [1.82, 2.24) is 10.6 Å². The standard InChI is InChI=1S/C12H22N2O2.ClH/c1-12(2,3)16-11(15)14-10-6-8-4-5-9(7-10)13-8;/h8-10,13H,4-7H2,1-3H3,(H,14,15);1H/t8-,9+,10+;. The molecule has 0 aromatic heterocycles. The molecule has 3 atom stereocenters. The molecule has 0 saturated carbocycles. The lowest BCUT2D eigenvalue weighted by Crippen LogP contribution is -2.49. The second-order valence-electron chi connectivity index (χ2n) is 5.95. The molecule has 2 fully saturated rings. The molecule has 0 radical (unpaired) electrons. The van der Waals surface area contributed by atoms with Gasteiger partial charge in [0.2, 0.25) is 0 Å². The summed E-state index contributed by atoms with van der Waals surface area (Å²) in [5.74, 6) is 0. The third-order valence-electron chi connectivity index (χ3n) is 3.19. The average Bonchev–Trinajstić information content (AvgIpc) is 2.42. The van der Waals surface area contributed by atoms with Crippen LogP contribution < -0.4 is 10.6 Å². The van der Waals surface area contributed by atoms with Crippen molar-refractivity contribution in [3.63, 3.8) is 0 Å². The predicted octanol–water partition coefficient (Wildman–Crippen LogP) is 2.22. The molecule has 2 N–H and O–H groups in total. The number of carbonyl (C=O) groups excluding carboxylic acids is 1. The van der Waals surface area contributed by atoms with Gasteiger partial charge in [0, 0.05) is 18.1 Å². The first-order valence-corrected chi connectivity index (χ1v) is 6.18. The highest BCUT2D eigenvalue weighted by molar-refractivity contribution is 5.85. The predicted molar refractivity (Wildman–Crippen MR) is 69.6 cm³/mol. The van der Waals surface area contributed by atoms with Crippen molar-refractivity contribution in [2.75, 3.05) is 0 Å². The fraction of sp³-hybridized carbons (Fsp3) is 0.917. The quantitative estimate of drug-likeness (QED) is 0.762. The number of nitrogens with one attached hydrogen (secondary N) is 2. The average molecular weight is 263 g/mol. The molecule has 2 rings (SSSR count). The van der Waals surface area contributed by atoms with Crippen LogP contribution >= 0.6 is 12.4 Å². The van der Waals surface area contributed by atoms with E-state index in [1.165, 1.54) is 12.8 Å². The molecule has 2 aliphatic heterocycles. The minimum absolute atomic E-state index is 0. The summed E-state index contributed by atoms with van der Waals surface area (Å²) in [7, 11) is 0. The summed E-state index contributed by atoms with van der Waals surface area (Å²) in [5.41, 5.74) is -0.407. The Morgan fingerprint density at radius 1 is 1.24 bits per heavy atom. The van der Waals surface area contributed by atoms with E-state index in [-0.39, 0.29) is 24.5 Å². The fourth-order valence-corrected chi connectivity index (χ4v) is 2.65. The molecule has 0 unspecified atom stereocenters. The van der Waals surface area contributed by atoms with Crippen LogP contribution in [0.3, 0.4) is 0 Å². The number of ether oxygens (including phenoxy) is 1. The summed E-state index contributed by atoms with van der Waals surface area (Å²) in [6.45, 7) is 5.66. The van der Waals surface area contributed by atoms with Gasteiger partial charge in [-0.3, -0.25) is 0 Å². The van der Waals surface area contributed by atoms with Gasteiger partial charge in [-0.1, -0.05) is 0 Å². The Hall–Kier alpha value is -0.480. The van der Waals surface area contributed by atoms with Crippen molar-refractivity contribution < 1.29 is 9.53 Å². The monoisotopic (exact) mass is 262 g/mol. The zero-order valence-electron chi connectivity index (χ0n) is 10.8. The topological polar surface area (TPSA) is 50.4 Å². The molecule has 2 bridgehead atoms. The number of halogens is 1. The van der Waals surface area contributed by atoms with Gasteiger partial charge in [-0.25, -0.2) is 4.79 Å². The minimum Gasteiger partial charge on any atom is -0.444 e. The molecule has 4 nitrogen and oxygen atoms in total. The summed E-state index contributed by atoms with van der Waals surface area (Å²) in [5, 5.41) is 6.52. The van der Waals surface area contributed by atoms with E-state index < -0.39 is 5.60 Å². The molecule has 2 aliphatic rings. The van der Waals surface area contributed by atoms with Crippen LogP contribution in [0, 0.1) is 0 Å². The van der Waals surface area contributed by atoms with Crippen LogP contribution in [-0.2, 0) is 4.74 Å². The van der Waals surface area contributed by atoms with Crippen LogP contribution in [0.5, 0.6) is 0 Å². The number of fused-ring (bicyclic) bond motifs is 2. The Labute approximate surface area is 109 Å². The number of hydrogen-bond acceptors (Lipinski definition) is 3. The smallest absolute Gasteiger partial charge is 0.407 e. The molecule has 0 aromatic rings. The summed E-state index contributed by atoms with van der Waals surface area (Å²) in [6, 6.07) is 1.48. The first kappa shape index (κ1) is 14.6. The van der Waals surface area contributed by atoms with Crippen LogP contribution in [0.15, 0.2) is 0 Å². The van der Waals surface area contributed by atoms with E-state index in [1.807, 2.05) is 20.8 Å². The van der Waals surface area contributed by atoms with Gasteiger partial charge in [0.05, 0.1) is 0 Å². The molecular weight excluding hydrogens is 240 g/mol. The largest absolute Gasteiger partial charge is 0.444 e. The van der Waals surface area contributed by atoms with Crippen molar-refractivity contribution in [3.8, 4) is 0 Å². The zero-order valence-corrected chi connectivity index (χ0v) is 11.6. The van der Waals surface area contributed by atoms with Crippen molar-refractivity contribution >= 4 is 18.5 Å². The number of carbonyl (C=O) groups is 1. The SMILES string of the molecule is CC(C)(C)OC(=O)N[C@H]1C[C@H]2CC[C@@H](C1)N2.Cl. The molecule has 5 heteroatoms. The first-order valence-electron chi connectivity index (χ1n) is 6.18. The maximum Gasteiger partial charge on any atom is 0.407 e. The highest BCUT2D eigenvalue weighted by Crippen LogP contribution is 2.26. The van der Waals surface area contributed by atoms with E-state index in [0.717, 1.165) is 12.8 Å². The van der Waals surface area contributed by atoms with E-state index >= 15 is 0 Å². The van der Waals surface area contributed by atoms with Crippen molar-refractivity contribution in [3.05, 3.63) is 0 Å². The highest BCUT2D eigenvalue weighted by atomic mass is 35.5. The maximum absolute atomic E-state index is 11.6. The van der Waals surface area contributed by atoms with Gasteiger partial charge in [0.1, 0.15) is 5.60 Å². The lowest BCUT2D eigenvalue weighted by atomic mass is 10.0. The van der Waals surface area contributed by atoms with Gasteiger partial charge in [-0.2, -0.15) is 0 Å². The van der Waals surface area contributed by atoms with Crippen molar-refractivity contribution in [1.29, 1.82) is 0 Å². The molecule has 0 spiro atoms. The Morgan fingerprint density at radius 2 is 1.76 bits per heavy atom. The number of hydrogen-bond donors (Lipinski definition) is 2. The van der Waals surface area contributed by atoms with Crippen LogP contribution in [0.4, 0.5) is 4.79 Å². The van der Waals surface area contributed by atoms with Crippen LogP contribution in [-0.4, -0.2) is 29.8 Å². The van der Waals surface area contributed by atoms with Gasteiger partial charge in [-0.15, -0.1) is 12.4 Å². The van der Waals surface area contributed by atoms with Crippen molar-refractivity contribution in [2.24, 2.45) is 0 Å². The maximum atomic E-state index is 11.6. The van der Waals surface area contributed by atoms with E-state index in [0.29, 0.717) is 12.1 Å². The van der Waals surface area contributed by atoms with Crippen LogP contribution in [0.25, 0.3) is 0 Å². The molecule has 0 aliphatic carbocycles. The molecule has 2 heterocycles. The van der Waals surface area contributed by atoms with Crippen molar-refractivity contribution in [2.45, 2.75) is 70.2 Å². The second-order valence-corrected chi connectivity index (χ2v) is 5.95. The Kier molecular flexibility index (Phi) is 4.67. The summed E-state index contributed by atoms with van der Waals surface area (Å²) in [4.78, 5) is 11.6. The third kappa shape index (κ3) is 4.36. The highest BCUT2D eigenvalue weighted by Gasteiger charge is 2.34. The van der Waals surface area contributed by atoms with Gasteiger partial charge in [0.15, 0.2) is 0 Å². The third-order valence-corrected chi connectivity index (χ3v) is 3.19. The van der Waals surface area contributed by atoms with E-state index in [9.17, 15) is 4.79 Å². The Balaban J connectivity index is 0.00000144. The molecule has 17 heavy (non-hydrogen) atoms. The van der Waals surface area contributed by atoms with E-state index in [4.69, 9.17) is 4.74 Å². The summed E-state index contributed by atoms with van der Waals surface area (Å²) < 4.78 is 5.26. The molecule has 0 aromatic carbocycles. The van der Waals surface area contributed by atoms with Gasteiger partial charge >= 0.3 is 6.09 Å². The van der Waals surface area contributed by atoms with E-state index in [2.05, 4.69) is 10.6 Å². The Morgan fingerprint density at radius 3 is 2.24 bits per heavy atom. The van der Waals surface area contributed by atoms with Crippen LogP contribution in [0.1, 0.15) is 46.5 Å². The molecule has 1 amide bonds. The fourth-order valence-electron chi connectivity index (χ4n) is 2.65. The zero-order chi connectivity index (χ0) is 11.8. The minimum atomic E-state index is -0.407. The summed E-state index contributed by atoms with van der Waals surface area (Å²) >= 11 is 0. The van der Waals surface area contributed by atoms with Crippen LogP contribution in [0.2, 0.25) is 0 Å². The first-order chi connectivity index (χ1) is 7.42. The second kappa shape index (κ2) is 5.44. The lowest BCUT2D eigenvalue weighted by Gasteiger charge is -2.30. The van der Waals surface area contributed by atoms with Gasteiger partial charge < -0.3 is 15.4 Å². The molecule has 100 valence electrons. The lowest BCUT2D eigenvalue weighted by molar-refractivity contribution is 0.0489. The molecule has 2 saturated heterocycles. The number of alkyl carbamates (subject to hydrolysis) is 1. The number of amides is 1. The van der Waals surface area contributed by atoms with Gasteiger partial charge in [-0.05, 0) is 46.5 Å². The number of piperidine rings is 1. The van der Waals surface area contributed by atoms with E-state index in [1.54, 1.807) is 0 Å². The summed E-state index contributed by atoms with van der Waals surface area (Å²) in [6.07, 6.45) is 4.29. The molecular formula is C12H23ClN2O2. The number of rotatable bonds is 1.